The van der Waals surface area contributed by atoms with Gasteiger partial charge in [-0.2, -0.15) is 0 Å². The zero-order valence-corrected chi connectivity index (χ0v) is 16.4. The highest BCUT2D eigenvalue weighted by molar-refractivity contribution is 5.98. The topological polar surface area (TPSA) is 85.7 Å². The van der Waals surface area contributed by atoms with Crippen LogP contribution < -0.4 is 10.2 Å². The maximum absolute atomic E-state index is 13.6. The van der Waals surface area contributed by atoms with Crippen LogP contribution in [0.2, 0.25) is 0 Å². The molecule has 1 aromatic rings. The molecular weight excluding hydrogens is 370 g/mol. The third-order valence-electron chi connectivity index (χ3n) is 4.49. The molecular formula is C19H27F2N4O3-. The second-order valence-corrected chi connectivity index (χ2v) is 7.21. The number of carbonyl (C=O) groups is 2. The predicted molar refractivity (Wildman–Crippen MR) is 104 cm³/mol. The SMILES string of the molecule is CC(C)CN(C)[C@@H](C[NH-])C(=O)Nc1ccc(N2CCOCC2=O)c(C(F)F)c1. The first-order valence-electron chi connectivity index (χ1n) is 9.20. The Labute approximate surface area is 163 Å². The smallest absolute Gasteiger partial charge is 0.265 e. The van der Waals surface area contributed by atoms with Gasteiger partial charge in [-0.05, 0) is 31.2 Å². The maximum Gasteiger partial charge on any atom is 0.265 e. The molecule has 28 heavy (non-hydrogen) atoms. The third kappa shape index (κ3) is 5.46. The van der Waals surface area contributed by atoms with E-state index in [9.17, 15) is 18.4 Å². The summed E-state index contributed by atoms with van der Waals surface area (Å²) >= 11 is 0. The number of alkyl halides is 2. The van der Waals surface area contributed by atoms with Crippen LogP contribution in [0, 0.1) is 5.92 Å². The molecule has 0 radical (unpaired) electrons. The molecule has 1 heterocycles. The van der Waals surface area contributed by atoms with Crippen LogP contribution in [0.5, 0.6) is 0 Å². The Bertz CT molecular complexity index is 700. The number of anilines is 2. The highest BCUT2D eigenvalue weighted by Gasteiger charge is 2.26. The standard InChI is InChI=1S/C19H27F2N4O3/c1-12(2)10-24(3)16(9-22)19(27)23-13-4-5-15(14(8-13)18(20)21)25-6-7-28-11-17(25)26/h4-5,8,12,16,18,22H,6-7,9-11H2,1-3H3,(H,23,27)/q-1/t16-/m0/s1. The van der Waals surface area contributed by atoms with Crippen LogP contribution in [0.3, 0.4) is 0 Å². The summed E-state index contributed by atoms with van der Waals surface area (Å²) in [6, 6.07) is 3.40. The van der Waals surface area contributed by atoms with Gasteiger partial charge in [0.2, 0.25) is 5.91 Å². The van der Waals surface area contributed by atoms with Crippen molar-refractivity contribution in [1.29, 1.82) is 0 Å². The summed E-state index contributed by atoms with van der Waals surface area (Å²) < 4.78 is 32.2. The molecule has 7 nitrogen and oxygen atoms in total. The van der Waals surface area contributed by atoms with E-state index in [1.165, 1.54) is 23.1 Å². The quantitative estimate of drug-likeness (QED) is 0.731. The van der Waals surface area contributed by atoms with Gasteiger partial charge in [0.25, 0.3) is 12.3 Å². The molecule has 0 unspecified atom stereocenters. The number of hydrogen-bond acceptors (Lipinski definition) is 4. The van der Waals surface area contributed by atoms with Crippen molar-refractivity contribution in [3.63, 3.8) is 0 Å². The van der Waals surface area contributed by atoms with E-state index >= 15 is 0 Å². The molecule has 2 rings (SSSR count). The van der Waals surface area contributed by atoms with Crippen molar-refractivity contribution in [2.24, 2.45) is 5.92 Å². The Balaban J connectivity index is 2.21. The largest absolute Gasteiger partial charge is 0.676 e. The molecule has 1 atom stereocenters. The van der Waals surface area contributed by atoms with E-state index in [1.807, 2.05) is 13.8 Å². The first kappa shape index (κ1) is 22.2. The number of morpholine rings is 1. The molecule has 0 aliphatic carbocycles. The molecule has 156 valence electrons. The Hall–Kier alpha value is -2.10. The van der Waals surface area contributed by atoms with E-state index in [4.69, 9.17) is 10.5 Å². The van der Waals surface area contributed by atoms with Gasteiger partial charge in [-0.15, -0.1) is 6.54 Å². The number of nitrogens with zero attached hydrogens (tertiary/aromatic N) is 2. The van der Waals surface area contributed by atoms with Gasteiger partial charge >= 0.3 is 0 Å². The van der Waals surface area contributed by atoms with Crippen LogP contribution in [0.1, 0.15) is 25.8 Å². The lowest BCUT2D eigenvalue weighted by atomic mass is 10.1. The average Bonchev–Trinajstić information content (AvgIpc) is 2.62. The summed E-state index contributed by atoms with van der Waals surface area (Å²) in [5.41, 5.74) is 7.66. The second-order valence-electron chi connectivity index (χ2n) is 7.21. The lowest BCUT2D eigenvalue weighted by molar-refractivity contribution is -0.125. The Morgan fingerprint density at radius 2 is 2.11 bits per heavy atom. The van der Waals surface area contributed by atoms with Crippen molar-refractivity contribution in [2.45, 2.75) is 26.3 Å². The lowest BCUT2D eigenvalue weighted by Gasteiger charge is -2.31. The fourth-order valence-corrected chi connectivity index (χ4v) is 3.20. The average molecular weight is 397 g/mol. The minimum atomic E-state index is -2.81. The maximum atomic E-state index is 13.6. The number of hydrogen-bond donors (Lipinski definition) is 1. The van der Waals surface area contributed by atoms with Crippen LogP contribution in [0.25, 0.3) is 5.73 Å². The number of likely N-dealkylation sites (N-methyl/N-ethyl adjacent to an activating group) is 1. The monoisotopic (exact) mass is 397 g/mol. The Morgan fingerprint density at radius 3 is 2.68 bits per heavy atom. The molecule has 0 aromatic heterocycles. The third-order valence-corrected chi connectivity index (χ3v) is 4.49. The minimum Gasteiger partial charge on any atom is -0.676 e. The highest BCUT2D eigenvalue weighted by atomic mass is 19.3. The molecule has 1 aliphatic rings. The van der Waals surface area contributed by atoms with Gasteiger partial charge in [0.05, 0.1) is 18.3 Å². The number of amides is 2. The second kappa shape index (κ2) is 9.90. The number of benzene rings is 1. The minimum absolute atomic E-state index is 0.121. The van der Waals surface area contributed by atoms with E-state index in [2.05, 4.69) is 5.32 Å². The zero-order chi connectivity index (χ0) is 20.8. The van der Waals surface area contributed by atoms with Gasteiger partial charge in [-0.3, -0.25) is 14.5 Å². The van der Waals surface area contributed by atoms with Crippen LogP contribution in [-0.2, 0) is 14.3 Å². The van der Waals surface area contributed by atoms with Gasteiger partial charge in [-0.1, -0.05) is 13.8 Å². The molecule has 2 N–H and O–H groups in total. The van der Waals surface area contributed by atoms with Crippen LogP contribution in [0.15, 0.2) is 18.2 Å². The fourth-order valence-electron chi connectivity index (χ4n) is 3.20. The molecule has 1 aliphatic heterocycles. The van der Waals surface area contributed by atoms with E-state index in [0.29, 0.717) is 12.5 Å². The number of nitrogens with one attached hydrogen (secondary N) is 2. The van der Waals surface area contributed by atoms with Gasteiger partial charge < -0.3 is 20.7 Å². The van der Waals surface area contributed by atoms with Crippen LogP contribution in [-0.4, -0.2) is 62.7 Å². The molecule has 1 fully saturated rings. The van der Waals surface area contributed by atoms with E-state index < -0.39 is 18.4 Å². The molecule has 0 bridgehead atoms. The van der Waals surface area contributed by atoms with Crippen molar-refractivity contribution in [1.82, 2.24) is 4.90 Å². The summed E-state index contributed by atoms with van der Waals surface area (Å²) in [5, 5.41) is 2.62. The number of carbonyl (C=O) groups excluding carboxylic acids is 2. The number of halogens is 2. The van der Waals surface area contributed by atoms with Crippen molar-refractivity contribution >= 4 is 23.2 Å². The van der Waals surface area contributed by atoms with Crippen molar-refractivity contribution in [2.75, 3.05) is 50.1 Å². The van der Waals surface area contributed by atoms with Gasteiger partial charge in [0.15, 0.2) is 0 Å². The first-order valence-corrected chi connectivity index (χ1v) is 9.20. The summed E-state index contributed by atoms with van der Waals surface area (Å²) in [4.78, 5) is 27.6. The predicted octanol–water partition coefficient (Wildman–Crippen LogP) is 2.93. The van der Waals surface area contributed by atoms with Crippen molar-refractivity contribution < 1.29 is 23.1 Å². The summed E-state index contributed by atoms with van der Waals surface area (Å²) in [6.45, 7) is 4.85. The summed E-state index contributed by atoms with van der Waals surface area (Å²) in [6.07, 6.45) is -2.81. The Morgan fingerprint density at radius 1 is 1.39 bits per heavy atom. The van der Waals surface area contributed by atoms with Gasteiger partial charge in [0, 0.05) is 24.3 Å². The number of ether oxygens (including phenoxy) is 1. The number of rotatable bonds is 8. The van der Waals surface area contributed by atoms with Crippen LogP contribution in [0.4, 0.5) is 20.2 Å². The fraction of sp³-hybridized carbons (Fsp3) is 0.579. The zero-order valence-electron chi connectivity index (χ0n) is 16.4. The summed E-state index contributed by atoms with van der Waals surface area (Å²) in [5.74, 6) is -0.481. The van der Waals surface area contributed by atoms with E-state index in [-0.39, 0.29) is 49.1 Å². The van der Waals surface area contributed by atoms with E-state index in [1.54, 1.807) is 11.9 Å². The molecule has 9 heteroatoms. The Kier molecular flexibility index (Phi) is 7.85. The van der Waals surface area contributed by atoms with Crippen LogP contribution >= 0.6 is 0 Å². The van der Waals surface area contributed by atoms with Crippen molar-refractivity contribution in [3.05, 3.63) is 29.5 Å². The lowest BCUT2D eigenvalue weighted by Crippen LogP contribution is -2.45. The molecule has 2 amide bonds. The van der Waals surface area contributed by atoms with E-state index in [0.717, 1.165) is 0 Å². The molecule has 0 saturated carbocycles. The molecule has 0 spiro atoms. The first-order chi connectivity index (χ1) is 13.2. The highest BCUT2D eigenvalue weighted by Crippen LogP contribution is 2.33. The van der Waals surface area contributed by atoms with Gasteiger partial charge in [0.1, 0.15) is 6.61 Å². The van der Waals surface area contributed by atoms with Crippen molar-refractivity contribution in [3.8, 4) is 0 Å². The normalized spacial score (nSPS) is 16.2. The summed E-state index contributed by atoms with van der Waals surface area (Å²) in [7, 11) is 1.76. The molecule has 1 aromatic carbocycles. The molecule has 1 saturated heterocycles. The van der Waals surface area contributed by atoms with Gasteiger partial charge in [-0.25, -0.2) is 8.78 Å².